The van der Waals surface area contributed by atoms with E-state index in [0.29, 0.717) is 11.1 Å². The van der Waals surface area contributed by atoms with Gasteiger partial charge in [-0.1, -0.05) is 18.2 Å². The van der Waals surface area contributed by atoms with Gasteiger partial charge in [0.1, 0.15) is 11.3 Å². The number of aromatic nitrogens is 2. The summed E-state index contributed by atoms with van der Waals surface area (Å²) < 4.78 is 0.846. The van der Waals surface area contributed by atoms with Crippen LogP contribution in [0.25, 0.3) is 11.0 Å². The predicted octanol–water partition coefficient (Wildman–Crippen LogP) is 3.89. The lowest BCUT2D eigenvalue weighted by molar-refractivity contribution is 0.102. The molecule has 0 saturated carbocycles. The standard InChI is InChI=1S/C15H12BrN3O/c1-9-17-13-8-4-5-10(14(13)18-9)15(20)19-12-7-3-2-6-11(12)16/h2-8H,1H3,(H,17,18)(H,19,20). The summed E-state index contributed by atoms with van der Waals surface area (Å²) in [4.78, 5) is 19.9. The molecule has 2 aromatic carbocycles. The third kappa shape index (κ3) is 2.32. The highest BCUT2D eigenvalue weighted by Gasteiger charge is 2.13. The second-order valence-electron chi connectivity index (χ2n) is 4.46. The summed E-state index contributed by atoms with van der Waals surface area (Å²) in [5.74, 6) is 0.621. The summed E-state index contributed by atoms with van der Waals surface area (Å²) in [6.45, 7) is 1.87. The second-order valence-corrected chi connectivity index (χ2v) is 5.31. The van der Waals surface area contributed by atoms with Gasteiger partial charge in [-0.05, 0) is 47.1 Å². The van der Waals surface area contributed by atoms with Gasteiger partial charge >= 0.3 is 0 Å². The maximum atomic E-state index is 12.4. The molecule has 0 bridgehead atoms. The number of amides is 1. The number of carbonyl (C=O) groups is 1. The van der Waals surface area contributed by atoms with E-state index in [9.17, 15) is 4.79 Å². The molecule has 3 rings (SSSR count). The Labute approximate surface area is 124 Å². The van der Waals surface area contributed by atoms with Crippen LogP contribution in [0.1, 0.15) is 16.2 Å². The fraction of sp³-hybridized carbons (Fsp3) is 0.0667. The third-order valence-corrected chi connectivity index (χ3v) is 3.69. The number of nitrogens with zero attached hydrogens (tertiary/aromatic N) is 1. The van der Waals surface area contributed by atoms with Crippen molar-refractivity contribution in [3.8, 4) is 0 Å². The van der Waals surface area contributed by atoms with Crippen molar-refractivity contribution in [2.24, 2.45) is 0 Å². The minimum absolute atomic E-state index is 0.172. The maximum Gasteiger partial charge on any atom is 0.257 e. The summed E-state index contributed by atoms with van der Waals surface area (Å²) in [6, 6.07) is 13.0. The van der Waals surface area contributed by atoms with Crippen LogP contribution < -0.4 is 5.32 Å². The summed E-state index contributed by atoms with van der Waals surface area (Å²) >= 11 is 3.41. The first kappa shape index (κ1) is 12.9. The molecule has 0 aliphatic rings. The molecule has 3 aromatic rings. The van der Waals surface area contributed by atoms with E-state index >= 15 is 0 Å². The number of imidazole rings is 1. The topological polar surface area (TPSA) is 57.8 Å². The van der Waals surface area contributed by atoms with Crippen LogP contribution in [0, 0.1) is 6.92 Å². The van der Waals surface area contributed by atoms with Gasteiger partial charge in [0, 0.05) is 4.47 Å². The quantitative estimate of drug-likeness (QED) is 0.749. The Kier molecular flexibility index (Phi) is 3.28. The van der Waals surface area contributed by atoms with Crippen LogP contribution in [0.4, 0.5) is 5.69 Å². The fourth-order valence-corrected chi connectivity index (χ4v) is 2.47. The molecule has 0 aliphatic carbocycles. The van der Waals surface area contributed by atoms with E-state index in [4.69, 9.17) is 0 Å². The maximum absolute atomic E-state index is 12.4. The van der Waals surface area contributed by atoms with Crippen molar-refractivity contribution in [2.75, 3.05) is 5.32 Å². The van der Waals surface area contributed by atoms with E-state index in [1.54, 1.807) is 6.07 Å². The number of para-hydroxylation sites is 2. The number of hydrogen-bond acceptors (Lipinski definition) is 2. The van der Waals surface area contributed by atoms with Crippen molar-refractivity contribution >= 4 is 38.6 Å². The molecule has 0 spiro atoms. The molecule has 20 heavy (non-hydrogen) atoms. The highest BCUT2D eigenvalue weighted by atomic mass is 79.9. The molecule has 0 atom stereocenters. The Morgan fingerprint density at radius 3 is 2.80 bits per heavy atom. The molecule has 100 valence electrons. The van der Waals surface area contributed by atoms with Crippen molar-refractivity contribution in [3.63, 3.8) is 0 Å². The van der Waals surface area contributed by atoms with Crippen LogP contribution in [0.2, 0.25) is 0 Å². The smallest absolute Gasteiger partial charge is 0.257 e. The van der Waals surface area contributed by atoms with Gasteiger partial charge in [0.15, 0.2) is 0 Å². The predicted molar refractivity (Wildman–Crippen MR) is 82.9 cm³/mol. The molecule has 5 heteroatoms. The summed E-state index contributed by atoms with van der Waals surface area (Å²) in [7, 11) is 0. The number of benzene rings is 2. The number of fused-ring (bicyclic) bond motifs is 1. The van der Waals surface area contributed by atoms with Gasteiger partial charge < -0.3 is 10.3 Å². The van der Waals surface area contributed by atoms with Crippen LogP contribution in [0.5, 0.6) is 0 Å². The molecule has 1 aromatic heterocycles. The van der Waals surface area contributed by atoms with Crippen LogP contribution in [0.3, 0.4) is 0 Å². The number of nitrogens with one attached hydrogen (secondary N) is 2. The molecule has 4 nitrogen and oxygen atoms in total. The molecule has 0 fully saturated rings. The first-order chi connectivity index (χ1) is 9.65. The number of aryl methyl sites for hydroxylation is 1. The Hall–Kier alpha value is -2.14. The number of rotatable bonds is 2. The highest BCUT2D eigenvalue weighted by molar-refractivity contribution is 9.10. The largest absolute Gasteiger partial charge is 0.342 e. The van der Waals surface area contributed by atoms with Gasteiger partial charge in [0.05, 0.1) is 16.8 Å². The molecule has 1 amide bonds. The van der Waals surface area contributed by atoms with Crippen molar-refractivity contribution in [3.05, 3.63) is 58.3 Å². The molecule has 0 radical (unpaired) electrons. The number of carbonyl (C=O) groups excluding carboxylic acids is 1. The lowest BCUT2D eigenvalue weighted by Gasteiger charge is -2.07. The minimum Gasteiger partial charge on any atom is -0.342 e. The van der Waals surface area contributed by atoms with Crippen molar-refractivity contribution in [1.82, 2.24) is 9.97 Å². The molecule has 0 unspecified atom stereocenters. The zero-order valence-electron chi connectivity index (χ0n) is 10.8. The number of halogens is 1. The number of H-pyrrole nitrogens is 1. The normalized spacial score (nSPS) is 10.7. The van der Waals surface area contributed by atoms with Crippen molar-refractivity contribution < 1.29 is 4.79 Å². The van der Waals surface area contributed by atoms with Crippen LogP contribution >= 0.6 is 15.9 Å². The minimum atomic E-state index is -0.172. The SMILES string of the molecule is Cc1nc2c(C(=O)Nc3ccccc3Br)cccc2[nH]1. The third-order valence-electron chi connectivity index (χ3n) is 3.00. The van der Waals surface area contributed by atoms with Crippen molar-refractivity contribution in [1.29, 1.82) is 0 Å². The Morgan fingerprint density at radius 1 is 1.20 bits per heavy atom. The Morgan fingerprint density at radius 2 is 2.00 bits per heavy atom. The van der Waals surface area contributed by atoms with Gasteiger partial charge in [-0.15, -0.1) is 0 Å². The first-order valence-corrected chi connectivity index (χ1v) is 6.95. The number of hydrogen-bond donors (Lipinski definition) is 2. The van der Waals surface area contributed by atoms with Crippen LogP contribution in [-0.4, -0.2) is 15.9 Å². The number of aromatic amines is 1. The average molecular weight is 330 g/mol. The molecule has 0 aliphatic heterocycles. The van der Waals surface area contributed by atoms with Crippen LogP contribution in [-0.2, 0) is 0 Å². The summed E-state index contributed by atoms with van der Waals surface area (Å²) in [6.07, 6.45) is 0. The molecule has 2 N–H and O–H groups in total. The zero-order valence-corrected chi connectivity index (χ0v) is 12.4. The van der Waals surface area contributed by atoms with Crippen LogP contribution in [0.15, 0.2) is 46.9 Å². The zero-order chi connectivity index (χ0) is 14.1. The lowest BCUT2D eigenvalue weighted by atomic mass is 10.1. The van der Waals surface area contributed by atoms with Gasteiger partial charge in [-0.3, -0.25) is 4.79 Å². The van der Waals surface area contributed by atoms with E-state index in [2.05, 4.69) is 31.2 Å². The first-order valence-electron chi connectivity index (χ1n) is 6.16. The van der Waals surface area contributed by atoms with Gasteiger partial charge in [-0.2, -0.15) is 0 Å². The average Bonchev–Trinajstić information content (AvgIpc) is 2.81. The summed E-state index contributed by atoms with van der Waals surface area (Å²) in [5.41, 5.74) is 2.85. The van der Waals surface area contributed by atoms with E-state index < -0.39 is 0 Å². The molecular formula is C15H12BrN3O. The van der Waals surface area contributed by atoms with Gasteiger partial charge in [0.2, 0.25) is 0 Å². The molecular weight excluding hydrogens is 318 g/mol. The van der Waals surface area contributed by atoms with Gasteiger partial charge in [0.25, 0.3) is 5.91 Å². The number of anilines is 1. The van der Waals surface area contributed by atoms with E-state index in [1.807, 2.05) is 43.3 Å². The fourth-order valence-electron chi connectivity index (χ4n) is 2.09. The molecule has 1 heterocycles. The Balaban J connectivity index is 1.99. The lowest BCUT2D eigenvalue weighted by Crippen LogP contribution is -2.12. The van der Waals surface area contributed by atoms with Gasteiger partial charge in [-0.25, -0.2) is 4.98 Å². The monoisotopic (exact) mass is 329 g/mol. The molecule has 0 saturated heterocycles. The van der Waals surface area contributed by atoms with E-state index in [-0.39, 0.29) is 5.91 Å². The van der Waals surface area contributed by atoms with E-state index in [1.165, 1.54) is 0 Å². The van der Waals surface area contributed by atoms with Crippen molar-refractivity contribution in [2.45, 2.75) is 6.92 Å². The Bertz CT molecular complexity index is 795. The second kappa shape index (κ2) is 5.09. The highest BCUT2D eigenvalue weighted by Crippen LogP contribution is 2.23. The summed E-state index contributed by atoms with van der Waals surface area (Å²) in [5, 5.41) is 2.89. The van der Waals surface area contributed by atoms with E-state index in [0.717, 1.165) is 21.5 Å².